The van der Waals surface area contributed by atoms with Crippen LogP contribution in [-0.4, -0.2) is 61.5 Å². The Morgan fingerprint density at radius 2 is 1.50 bits per heavy atom. The van der Waals surface area contributed by atoms with Crippen molar-refractivity contribution in [2.24, 2.45) is 5.92 Å². The molecule has 204 valence electrons. The van der Waals surface area contributed by atoms with Crippen molar-refractivity contribution in [3.8, 4) is 0 Å². The Balaban J connectivity index is 1.31. The third-order valence-electron chi connectivity index (χ3n) is 7.10. The van der Waals surface area contributed by atoms with Gasteiger partial charge in [-0.2, -0.15) is 4.31 Å². The Morgan fingerprint density at radius 3 is 2.13 bits per heavy atom. The molecule has 0 bridgehead atoms. The molecule has 1 atom stereocenters. The maximum atomic E-state index is 13.0. The van der Waals surface area contributed by atoms with E-state index < -0.39 is 10.0 Å². The highest BCUT2D eigenvalue weighted by atomic mass is 32.2. The first-order chi connectivity index (χ1) is 18.3. The summed E-state index contributed by atoms with van der Waals surface area (Å²) in [5.74, 6) is -0.921. The second kappa shape index (κ2) is 12.5. The molecular formula is C28H36N4O5S. The maximum Gasteiger partial charge on any atom is 0.255 e. The molecule has 2 saturated heterocycles. The van der Waals surface area contributed by atoms with Gasteiger partial charge in [-0.05, 0) is 67.8 Å². The highest BCUT2D eigenvalue weighted by Gasteiger charge is 2.33. The van der Waals surface area contributed by atoms with Crippen LogP contribution in [0.3, 0.4) is 0 Å². The van der Waals surface area contributed by atoms with Crippen LogP contribution in [0.5, 0.6) is 0 Å². The van der Waals surface area contributed by atoms with Crippen molar-refractivity contribution in [1.82, 2.24) is 9.21 Å². The average molecular weight is 541 g/mol. The summed E-state index contributed by atoms with van der Waals surface area (Å²) in [6.07, 6.45) is 5.96. The molecule has 2 aliphatic heterocycles. The number of benzene rings is 2. The normalized spacial score (nSPS) is 18.7. The number of hydrogen-bond donors (Lipinski definition) is 2. The molecule has 3 amide bonds. The first kappa shape index (κ1) is 27.8. The lowest BCUT2D eigenvalue weighted by molar-refractivity contribution is -0.128. The van der Waals surface area contributed by atoms with Crippen LogP contribution in [0.1, 0.15) is 62.2 Å². The minimum absolute atomic E-state index is 0.0122. The fourth-order valence-corrected chi connectivity index (χ4v) is 6.32. The van der Waals surface area contributed by atoms with E-state index in [1.165, 1.54) is 12.1 Å². The van der Waals surface area contributed by atoms with Gasteiger partial charge in [-0.1, -0.05) is 26.2 Å². The molecule has 2 aromatic rings. The van der Waals surface area contributed by atoms with E-state index in [4.69, 9.17) is 0 Å². The van der Waals surface area contributed by atoms with Crippen LogP contribution >= 0.6 is 0 Å². The molecule has 0 radical (unpaired) electrons. The lowest BCUT2D eigenvalue weighted by atomic mass is 10.1. The van der Waals surface area contributed by atoms with Crippen LogP contribution in [0.4, 0.5) is 11.4 Å². The number of amides is 3. The summed E-state index contributed by atoms with van der Waals surface area (Å²) in [4.78, 5) is 39.5. The van der Waals surface area contributed by atoms with E-state index in [9.17, 15) is 22.8 Å². The average Bonchev–Trinajstić information content (AvgIpc) is 3.09. The van der Waals surface area contributed by atoms with Gasteiger partial charge in [-0.25, -0.2) is 8.42 Å². The molecular weight excluding hydrogens is 504 g/mol. The predicted octanol–water partition coefficient (Wildman–Crippen LogP) is 4.09. The summed E-state index contributed by atoms with van der Waals surface area (Å²) in [6.45, 7) is 4.25. The zero-order valence-electron chi connectivity index (χ0n) is 21.8. The SMILES string of the molecule is CCCCN1CC(C(=O)Nc2ccc(C(=O)Nc3ccc(S(=O)(=O)N4CCCCCC4)cc3)cc2)CC1=O. The van der Waals surface area contributed by atoms with Gasteiger partial charge in [-0.3, -0.25) is 14.4 Å². The second-order valence-corrected chi connectivity index (χ2v) is 11.9. The minimum atomic E-state index is -3.55. The number of sulfonamides is 1. The van der Waals surface area contributed by atoms with Crippen molar-refractivity contribution in [3.63, 3.8) is 0 Å². The van der Waals surface area contributed by atoms with E-state index in [1.54, 1.807) is 45.6 Å². The van der Waals surface area contributed by atoms with Crippen LogP contribution < -0.4 is 10.6 Å². The number of nitrogens with one attached hydrogen (secondary N) is 2. The van der Waals surface area contributed by atoms with Gasteiger partial charge in [0.25, 0.3) is 5.91 Å². The Morgan fingerprint density at radius 1 is 0.895 bits per heavy atom. The molecule has 38 heavy (non-hydrogen) atoms. The van der Waals surface area contributed by atoms with Crippen LogP contribution in [0, 0.1) is 5.92 Å². The van der Waals surface area contributed by atoms with Gasteiger partial charge in [0.1, 0.15) is 0 Å². The minimum Gasteiger partial charge on any atom is -0.342 e. The van der Waals surface area contributed by atoms with Crippen LogP contribution in [0.15, 0.2) is 53.4 Å². The number of anilines is 2. The summed E-state index contributed by atoms with van der Waals surface area (Å²) >= 11 is 0. The summed E-state index contributed by atoms with van der Waals surface area (Å²) in [5.41, 5.74) is 1.43. The molecule has 2 aliphatic rings. The second-order valence-electron chi connectivity index (χ2n) is 9.96. The molecule has 2 heterocycles. The molecule has 0 aliphatic carbocycles. The lowest BCUT2D eigenvalue weighted by Gasteiger charge is -2.20. The zero-order chi connectivity index (χ0) is 27.1. The first-order valence-electron chi connectivity index (χ1n) is 13.4. The third-order valence-corrected chi connectivity index (χ3v) is 9.01. The highest BCUT2D eigenvalue weighted by molar-refractivity contribution is 7.89. The van der Waals surface area contributed by atoms with Gasteiger partial charge in [0.05, 0.1) is 10.8 Å². The van der Waals surface area contributed by atoms with E-state index in [2.05, 4.69) is 17.6 Å². The molecule has 2 fully saturated rings. The monoisotopic (exact) mass is 540 g/mol. The summed E-state index contributed by atoms with van der Waals surface area (Å²) in [6, 6.07) is 12.7. The fourth-order valence-electron chi connectivity index (χ4n) is 4.81. The smallest absolute Gasteiger partial charge is 0.255 e. The number of rotatable bonds is 9. The van der Waals surface area contributed by atoms with Gasteiger partial charge in [0, 0.05) is 49.5 Å². The lowest BCUT2D eigenvalue weighted by Crippen LogP contribution is -2.31. The van der Waals surface area contributed by atoms with Gasteiger partial charge in [0.15, 0.2) is 0 Å². The number of carbonyl (C=O) groups excluding carboxylic acids is 3. The van der Waals surface area contributed by atoms with E-state index in [0.29, 0.717) is 43.1 Å². The van der Waals surface area contributed by atoms with Gasteiger partial charge in [-0.15, -0.1) is 0 Å². The molecule has 1 unspecified atom stereocenters. The Labute approximate surface area is 224 Å². The Kier molecular flexibility index (Phi) is 9.17. The van der Waals surface area contributed by atoms with E-state index in [1.807, 2.05) is 0 Å². The largest absolute Gasteiger partial charge is 0.342 e. The van der Waals surface area contributed by atoms with Crippen molar-refractivity contribution < 1.29 is 22.8 Å². The summed E-state index contributed by atoms with van der Waals surface area (Å²) < 4.78 is 27.4. The Bertz CT molecular complexity index is 1240. The quantitative estimate of drug-likeness (QED) is 0.497. The van der Waals surface area contributed by atoms with Crippen LogP contribution in [0.2, 0.25) is 0 Å². The molecule has 0 spiro atoms. The molecule has 2 aromatic carbocycles. The van der Waals surface area contributed by atoms with E-state index >= 15 is 0 Å². The summed E-state index contributed by atoms with van der Waals surface area (Å²) in [7, 11) is -3.55. The fraction of sp³-hybridized carbons (Fsp3) is 0.464. The topological polar surface area (TPSA) is 116 Å². The predicted molar refractivity (Wildman–Crippen MR) is 146 cm³/mol. The molecule has 0 saturated carbocycles. The van der Waals surface area contributed by atoms with Gasteiger partial charge in [0.2, 0.25) is 21.8 Å². The zero-order valence-corrected chi connectivity index (χ0v) is 22.6. The molecule has 2 N–H and O–H groups in total. The molecule has 0 aromatic heterocycles. The van der Waals surface area contributed by atoms with Crippen molar-refractivity contribution in [2.75, 3.05) is 36.8 Å². The van der Waals surface area contributed by atoms with Gasteiger partial charge < -0.3 is 15.5 Å². The van der Waals surface area contributed by atoms with E-state index in [0.717, 1.165) is 38.5 Å². The highest BCUT2D eigenvalue weighted by Crippen LogP contribution is 2.23. The summed E-state index contributed by atoms with van der Waals surface area (Å²) in [5, 5.41) is 5.62. The molecule has 10 heteroatoms. The number of nitrogens with zero attached hydrogens (tertiary/aromatic N) is 2. The number of carbonyl (C=O) groups is 3. The Hall–Kier alpha value is -3.24. The third kappa shape index (κ3) is 6.79. The van der Waals surface area contributed by atoms with Crippen LogP contribution in [-0.2, 0) is 19.6 Å². The molecule has 4 rings (SSSR count). The number of unbranched alkanes of at least 4 members (excludes halogenated alkanes) is 1. The van der Waals surface area contributed by atoms with E-state index in [-0.39, 0.29) is 35.0 Å². The first-order valence-corrected chi connectivity index (χ1v) is 14.8. The standard InChI is InChI=1S/C28H36N4O5S/c1-2-3-16-31-20-22(19-26(31)33)28(35)30-23-10-8-21(9-11-23)27(34)29-24-12-14-25(15-13-24)38(36,37)32-17-6-4-5-7-18-32/h8-15,22H,2-7,16-20H2,1H3,(H,29,34)(H,30,35). The maximum absolute atomic E-state index is 13.0. The molecule has 9 nitrogen and oxygen atoms in total. The van der Waals surface area contributed by atoms with Crippen molar-refractivity contribution in [3.05, 3.63) is 54.1 Å². The van der Waals surface area contributed by atoms with Crippen molar-refractivity contribution in [1.29, 1.82) is 0 Å². The van der Waals surface area contributed by atoms with Crippen molar-refractivity contribution in [2.45, 2.75) is 56.8 Å². The van der Waals surface area contributed by atoms with Crippen molar-refractivity contribution >= 4 is 39.1 Å². The van der Waals surface area contributed by atoms with Crippen LogP contribution in [0.25, 0.3) is 0 Å². The number of hydrogen-bond acceptors (Lipinski definition) is 5. The number of likely N-dealkylation sites (tertiary alicyclic amines) is 1. The van der Waals surface area contributed by atoms with Gasteiger partial charge >= 0.3 is 0 Å².